The van der Waals surface area contributed by atoms with Crippen molar-refractivity contribution in [3.63, 3.8) is 0 Å². The summed E-state index contributed by atoms with van der Waals surface area (Å²) >= 11 is 0. The standard InChI is InChI=1S/C14H17N3O2S/c18-20(19)13-6-2-1-5-11(13)14(16-20)17-7-3-4-10-8-15-9-12(10)17/h1-2,5-6,10,12,15H,3-4,7-9H2. The van der Waals surface area contributed by atoms with Gasteiger partial charge in [0.05, 0.1) is 0 Å². The van der Waals surface area contributed by atoms with Crippen LogP contribution in [0.25, 0.3) is 0 Å². The summed E-state index contributed by atoms with van der Waals surface area (Å²) in [5.41, 5.74) is 0.764. The molecule has 2 unspecified atom stereocenters. The molecule has 4 rings (SSSR count). The molecule has 0 aliphatic carbocycles. The molecule has 1 aromatic carbocycles. The first-order valence-corrected chi connectivity index (χ1v) is 8.52. The molecular weight excluding hydrogens is 274 g/mol. The van der Waals surface area contributed by atoms with Gasteiger partial charge >= 0.3 is 0 Å². The van der Waals surface area contributed by atoms with Gasteiger partial charge in [-0.15, -0.1) is 4.40 Å². The second kappa shape index (κ2) is 4.30. The number of piperidine rings is 1. The SMILES string of the molecule is O=S1(=O)N=C(N2CCCC3CNCC32)c2ccccc21. The first kappa shape index (κ1) is 12.3. The summed E-state index contributed by atoms with van der Waals surface area (Å²) < 4.78 is 28.4. The van der Waals surface area contributed by atoms with Crippen LogP contribution in [-0.4, -0.2) is 44.8 Å². The van der Waals surface area contributed by atoms with E-state index in [1.54, 1.807) is 12.1 Å². The number of likely N-dealkylation sites (tertiary alicyclic amines) is 1. The molecule has 1 aromatic rings. The minimum atomic E-state index is -3.51. The van der Waals surface area contributed by atoms with E-state index in [0.29, 0.717) is 22.7 Å². The Morgan fingerprint density at radius 2 is 2.10 bits per heavy atom. The molecule has 0 bridgehead atoms. The van der Waals surface area contributed by atoms with E-state index >= 15 is 0 Å². The summed E-state index contributed by atoms with van der Waals surface area (Å²) in [5.74, 6) is 1.26. The van der Waals surface area contributed by atoms with Gasteiger partial charge in [0.25, 0.3) is 10.0 Å². The Bertz CT molecular complexity index is 683. The van der Waals surface area contributed by atoms with Crippen molar-refractivity contribution in [2.45, 2.75) is 23.8 Å². The van der Waals surface area contributed by atoms with E-state index in [-0.39, 0.29) is 0 Å². The highest BCUT2D eigenvalue weighted by molar-refractivity contribution is 7.90. The molecule has 0 amide bonds. The molecule has 5 nitrogen and oxygen atoms in total. The van der Waals surface area contributed by atoms with E-state index in [0.717, 1.165) is 31.6 Å². The van der Waals surface area contributed by atoms with Gasteiger partial charge < -0.3 is 10.2 Å². The zero-order chi connectivity index (χ0) is 13.7. The molecule has 3 aliphatic rings. The maximum atomic E-state index is 12.2. The van der Waals surface area contributed by atoms with Gasteiger partial charge in [-0.25, -0.2) is 0 Å². The second-order valence-corrected chi connectivity index (χ2v) is 7.28. The van der Waals surface area contributed by atoms with Crippen LogP contribution >= 0.6 is 0 Å². The van der Waals surface area contributed by atoms with Crippen LogP contribution in [0.5, 0.6) is 0 Å². The van der Waals surface area contributed by atoms with Crippen molar-refractivity contribution < 1.29 is 8.42 Å². The zero-order valence-corrected chi connectivity index (χ0v) is 11.9. The van der Waals surface area contributed by atoms with Crippen LogP contribution < -0.4 is 5.32 Å². The van der Waals surface area contributed by atoms with Crippen molar-refractivity contribution in [1.82, 2.24) is 10.2 Å². The van der Waals surface area contributed by atoms with Crippen molar-refractivity contribution in [3.8, 4) is 0 Å². The van der Waals surface area contributed by atoms with Crippen LogP contribution in [0.15, 0.2) is 33.6 Å². The molecule has 0 spiro atoms. The fourth-order valence-electron chi connectivity index (χ4n) is 3.63. The van der Waals surface area contributed by atoms with E-state index in [2.05, 4.69) is 14.6 Å². The smallest absolute Gasteiger partial charge is 0.285 e. The van der Waals surface area contributed by atoms with Crippen LogP contribution in [0, 0.1) is 5.92 Å². The molecule has 0 radical (unpaired) electrons. The summed E-state index contributed by atoms with van der Waals surface area (Å²) in [5, 5.41) is 3.42. The Balaban J connectivity index is 1.79. The molecule has 3 heterocycles. The normalized spacial score (nSPS) is 30.8. The van der Waals surface area contributed by atoms with E-state index in [9.17, 15) is 8.42 Å². The predicted molar refractivity (Wildman–Crippen MR) is 76.3 cm³/mol. The van der Waals surface area contributed by atoms with Gasteiger partial charge in [-0.2, -0.15) is 8.42 Å². The van der Waals surface area contributed by atoms with Gasteiger partial charge in [-0.1, -0.05) is 12.1 Å². The summed E-state index contributed by atoms with van der Waals surface area (Å²) in [6.45, 7) is 2.85. The van der Waals surface area contributed by atoms with Gasteiger partial charge in [0.2, 0.25) is 0 Å². The van der Waals surface area contributed by atoms with Crippen molar-refractivity contribution in [2.24, 2.45) is 10.3 Å². The van der Waals surface area contributed by atoms with E-state index < -0.39 is 10.0 Å². The average molecular weight is 291 g/mol. The number of fused-ring (bicyclic) bond motifs is 2. The van der Waals surface area contributed by atoms with Gasteiger partial charge in [0, 0.05) is 31.2 Å². The van der Waals surface area contributed by atoms with Crippen molar-refractivity contribution in [3.05, 3.63) is 29.8 Å². The number of sulfonamides is 1. The zero-order valence-electron chi connectivity index (χ0n) is 11.1. The number of hydrogen-bond acceptors (Lipinski definition) is 4. The van der Waals surface area contributed by atoms with Gasteiger partial charge in [-0.3, -0.25) is 0 Å². The first-order valence-electron chi connectivity index (χ1n) is 7.08. The summed E-state index contributed by atoms with van der Waals surface area (Å²) in [4.78, 5) is 2.56. The maximum absolute atomic E-state index is 12.2. The minimum Gasteiger partial charge on any atom is -0.351 e. The molecule has 106 valence electrons. The minimum absolute atomic E-state index is 0.350. The molecule has 1 N–H and O–H groups in total. The lowest BCUT2D eigenvalue weighted by Gasteiger charge is -2.38. The Morgan fingerprint density at radius 3 is 3.00 bits per heavy atom. The Labute approximate surface area is 118 Å². The second-order valence-electron chi connectivity index (χ2n) is 5.71. The average Bonchev–Trinajstić information content (AvgIpc) is 3.02. The van der Waals surface area contributed by atoms with Gasteiger partial charge in [0.1, 0.15) is 4.90 Å². The molecule has 6 heteroatoms. The predicted octanol–water partition coefficient (Wildman–Crippen LogP) is 0.819. The molecule has 2 atom stereocenters. The van der Waals surface area contributed by atoms with Crippen molar-refractivity contribution in [1.29, 1.82) is 0 Å². The van der Waals surface area contributed by atoms with Crippen molar-refractivity contribution >= 4 is 15.9 Å². The van der Waals surface area contributed by atoms with E-state index in [1.165, 1.54) is 6.42 Å². The topological polar surface area (TPSA) is 61.8 Å². The molecule has 3 aliphatic heterocycles. The van der Waals surface area contributed by atoms with Crippen LogP contribution in [0.3, 0.4) is 0 Å². The van der Waals surface area contributed by atoms with Crippen molar-refractivity contribution in [2.75, 3.05) is 19.6 Å². The molecule has 2 saturated heterocycles. The van der Waals surface area contributed by atoms with Gasteiger partial charge in [0.15, 0.2) is 5.84 Å². The third kappa shape index (κ3) is 1.71. The monoisotopic (exact) mass is 291 g/mol. The quantitative estimate of drug-likeness (QED) is 0.769. The van der Waals surface area contributed by atoms with Gasteiger partial charge in [-0.05, 0) is 30.9 Å². The van der Waals surface area contributed by atoms with Crippen LogP contribution in [0.4, 0.5) is 0 Å². The lowest BCUT2D eigenvalue weighted by Crippen LogP contribution is -2.48. The molecule has 20 heavy (non-hydrogen) atoms. The van der Waals surface area contributed by atoms with Crippen LogP contribution in [-0.2, 0) is 10.0 Å². The summed E-state index contributed by atoms with van der Waals surface area (Å²) in [7, 11) is -3.51. The van der Waals surface area contributed by atoms with E-state index in [4.69, 9.17) is 0 Å². The fraction of sp³-hybridized carbons (Fsp3) is 0.500. The third-order valence-electron chi connectivity index (χ3n) is 4.56. The molecule has 0 saturated carbocycles. The Kier molecular flexibility index (Phi) is 2.65. The Hall–Kier alpha value is -1.40. The maximum Gasteiger partial charge on any atom is 0.285 e. The number of nitrogens with one attached hydrogen (secondary N) is 1. The molecule has 2 fully saturated rings. The summed E-state index contributed by atoms with van der Waals surface area (Å²) in [6.07, 6.45) is 2.32. The lowest BCUT2D eigenvalue weighted by molar-refractivity contribution is 0.207. The third-order valence-corrected chi connectivity index (χ3v) is 5.89. The van der Waals surface area contributed by atoms with Crippen LogP contribution in [0.2, 0.25) is 0 Å². The highest BCUT2D eigenvalue weighted by Gasteiger charge is 2.40. The lowest BCUT2D eigenvalue weighted by atomic mass is 9.91. The molecule has 0 aromatic heterocycles. The number of benzene rings is 1. The number of amidine groups is 1. The highest BCUT2D eigenvalue weighted by atomic mass is 32.2. The largest absolute Gasteiger partial charge is 0.351 e. The first-order chi connectivity index (χ1) is 9.67. The number of rotatable bonds is 0. The Morgan fingerprint density at radius 1 is 1.25 bits per heavy atom. The fourth-order valence-corrected chi connectivity index (χ4v) is 4.84. The molecular formula is C14H17N3O2S. The summed E-state index contributed by atoms with van der Waals surface area (Å²) in [6, 6.07) is 7.53. The number of hydrogen-bond donors (Lipinski definition) is 1. The highest BCUT2D eigenvalue weighted by Crippen LogP contribution is 2.33. The van der Waals surface area contributed by atoms with E-state index in [1.807, 2.05) is 12.1 Å². The van der Waals surface area contributed by atoms with Crippen LogP contribution in [0.1, 0.15) is 18.4 Å². The number of nitrogens with zero attached hydrogens (tertiary/aromatic N) is 2.